The molecule has 0 aromatic carbocycles. The summed E-state index contributed by atoms with van der Waals surface area (Å²) in [5.74, 6) is -1.27. The topological polar surface area (TPSA) is 154 Å². The van der Waals surface area contributed by atoms with Gasteiger partial charge in [0.05, 0.1) is 12.1 Å². The van der Waals surface area contributed by atoms with Crippen LogP contribution in [0.2, 0.25) is 0 Å². The third kappa shape index (κ3) is 5.53. The van der Waals surface area contributed by atoms with Crippen LogP contribution in [0.25, 0.3) is 0 Å². The summed E-state index contributed by atoms with van der Waals surface area (Å²) in [5, 5.41) is 27.3. The second-order valence-electron chi connectivity index (χ2n) is 5.48. The fourth-order valence-corrected chi connectivity index (χ4v) is 2.07. The lowest BCUT2D eigenvalue weighted by Crippen LogP contribution is -2.53. The number of hydrogen-bond acceptors (Lipinski definition) is 5. The molecular weight excluding hydrogens is 304 g/mol. The lowest BCUT2D eigenvalue weighted by atomic mass is 9.90. The number of carbonyl (C=O) groups is 3. The Balaban J connectivity index is 2.78. The van der Waals surface area contributed by atoms with E-state index in [1.807, 2.05) is 6.92 Å². The van der Waals surface area contributed by atoms with E-state index in [4.69, 9.17) is 5.73 Å². The Hall–Kier alpha value is -2.13. The Morgan fingerprint density at radius 1 is 1.39 bits per heavy atom. The zero-order chi connectivity index (χ0) is 17.6. The van der Waals surface area contributed by atoms with Crippen molar-refractivity contribution in [1.29, 1.82) is 0 Å². The van der Waals surface area contributed by atoms with E-state index in [-0.39, 0.29) is 12.0 Å². The molecule has 23 heavy (non-hydrogen) atoms. The maximum absolute atomic E-state index is 12.1. The molecule has 0 aromatic heterocycles. The van der Waals surface area contributed by atoms with Crippen LogP contribution in [0.3, 0.4) is 0 Å². The van der Waals surface area contributed by atoms with Gasteiger partial charge in [-0.1, -0.05) is 13.0 Å². The number of rotatable bonds is 6. The Kier molecular flexibility index (Phi) is 6.98. The van der Waals surface area contributed by atoms with Crippen molar-refractivity contribution < 1.29 is 24.6 Å². The first-order valence-corrected chi connectivity index (χ1v) is 7.47. The molecule has 0 bridgehead atoms. The van der Waals surface area contributed by atoms with Gasteiger partial charge >= 0.3 is 6.03 Å². The molecule has 1 rings (SSSR count). The SMILES string of the molecule is CCCNC(=O)NC1C=C(C(=O)NC(C)C(N)=O)CC(O)C1O. The van der Waals surface area contributed by atoms with Gasteiger partial charge in [-0.3, -0.25) is 9.59 Å². The first-order valence-electron chi connectivity index (χ1n) is 7.47. The molecule has 9 heteroatoms. The molecule has 0 radical (unpaired) electrons. The Labute approximate surface area is 134 Å². The van der Waals surface area contributed by atoms with Gasteiger partial charge in [-0.2, -0.15) is 0 Å². The average molecular weight is 328 g/mol. The van der Waals surface area contributed by atoms with Gasteiger partial charge in [0.2, 0.25) is 11.8 Å². The highest BCUT2D eigenvalue weighted by Crippen LogP contribution is 2.20. The van der Waals surface area contributed by atoms with Crippen LogP contribution in [-0.2, 0) is 9.59 Å². The summed E-state index contributed by atoms with van der Waals surface area (Å²) < 4.78 is 0. The summed E-state index contributed by atoms with van der Waals surface area (Å²) in [5.41, 5.74) is 5.24. The number of primary amides is 1. The quantitative estimate of drug-likeness (QED) is 0.336. The average Bonchev–Trinajstić information content (AvgIpc) is 2.49. The second-order valence-corrected chi connectivity index (χ2v) is 5.48. The van der Waals surface area contributed by atoms with Crippen molar-refractivity contribution in [3.8, 4) is 0 Å². The molecule has 4 unspecified atom stereocenters. The van der Waals surface area contributed by atoms with Crippen molar-refractivity contribution >= 4 is 17.8 Å². The van der Waals surface area contributed by atoms with Crippen LogP contribution in [0.1, 0.15) is 26.7 Å². The number of carbonyl (C=O) groups excluding carboxylic acids is 3. The van der Waals surface area contributed by atoms with Crippen molar-refractivity contribution in [2.24, 2.45) is 5.73 Å². The lowest BCUT2D eigenvalue weighted by molar-refractivity contribution is -0.125. The minimum absolute atomic E-state index is 0.0900. The maximum Gasteiger partial charge on any atom is 0.315 e. The summed E-state index contributed by atoms with van der Waals surface area (Å²) >= 11 is 0. The Bertz CT molecular complexity index is 494. The molecule has 0 aromatic rings. The van der Waals surface area contributed by atoms with E-state index in [0.29, 0.717) is 6.54 Å². The Morgan fingerprint density at radius 2 is 2.04 bits per heavy atom. The van der Waals surface area contributed by atoms with Crippen LogP contribution < -0.4 is 21.7 Å². The van der Waals surface area contributed by atoms with E-state index < -0.39 is 42.1 Å². The van der Waals surface area contributed by atoms with E-state index in [0.717, 1.165) is 6.42 Å². The second kappa shape index (κ2) is 8.49. The van der Waals surface area contributed by atoms with E-state index in [1.165, 1.54) is 13.0 Å². The van der Waals surface area contributed by atoms with Crippen LogP contribution in [0, 0.1) is 0 Å². The smallest absolute Gasteiger partial charge is 0.315 e. The summed E-state index contributed by atoms with van der Waals surface area (Å²) in [6, 6.07) is -2.29. The maximum atomic E-state index is 12.1. The molecule has 0 aliphatic heterocycles. The normalized spacial score (nSPS) is 25.0. The van der Waals surface area contributed by atoms with Gasteiger partial charge in [-0.05, 0) is 13.3 Å². The third-order valence-electron chi connectivity index (χ3n) is 3.47. The van der Waals surface area contributed by atoms with Crippen molar-refractivity contribution in [3.05, 3.63) is 11.6 Å². The molecular formula is C14H24N4O5. The number of urea groups is 1. The van der Waals surface area contributed by atoms with Crippen molar-refractivity contribution in [2.75, 3.05) is 6.54 Å². The highest BCUT2D eigenvalue weighted by atomic mass is 16.3. The van der Waals surface area contributed by atoms with Crippen molar-refractivity contribution in [1.82, 2.24) is 16.0 Å². The molecule has 0 spiro atoms. The zero-order valence-electron chi connectivity index (χ0n) is 13.2. The number of aliphatic hydroxyl groups is 2. The van der Waals surface area contributed by atoms with E-state index >= 15 is 0 Å². The number of hydrogen-bond donors (Lipinski definition) is 6. The zero-order valence-corrected chi connectivity index (χ0v) is 13.2. The van der Waals surface area contributed by atoms with Gasteiger partial charge in [-0.25, -0.2) is 4.79 Å². The predicted molar refractivity (Wildman–Crippen MR) is 82.1 cm³/mol. The summed E-state index contributed by atoms with van der Waals surface area (Å²) in [4.78, 5) is 34.7. The summed E-state index contributed by atoms with van der Waals surface area (Å²) in [6.45, 7) is 3.79. The van der Waals surface area contributed by atoms with E-state index in [1.54, 1.807) is 0 Å². The molecule has 0 saturated carbocycles. The minimum Gasteiger partial charge on any atom is -0.390 e. The summed E-state index contributed by atoms with van der Waals surface area (Å²) in [6.07, 6.45) is -0.412. The van der Waals surface area contributed by atoms with Gasteiger partial charge < -0.3 is 31.9 Å². The van der Waals surface area contributed by atoms with Gasteiger partial charge in [0.25, 0.3) is 0 Å². The van der Waals surface area contributed by atoms with Crippen LogP contribution in [0.5, 0.6) is 0 Å². The lowest BCUT2D eigenvalue weighted by Gasteiger charge is -2.31. The predicted octanol–water partition coefficient (Wildman–Crippen LogP) is -1.89. The minimum atomic E-state index is -1.23. The van der Waals surface area contributed by atoms with Crippen LogP contribution >= 0.6 is 0 Å². The highest BCUT2D eigenvalue weighted by Gasteiger charge is 2.34. The first-order chi connectivity index (χ1) is 10.8. The molecule has 4 amide bonds. The first kappa shape index (κ1) is 18.9. The molecule has 1 aliphatic carbocycles. The molecule has 1 aliphatic rings. The Morgan fingerprint density at radius 3 is 2.61 bits per heavy atom. The van der Waals surface area contributed by atoms with Crippen molar-refractivity contribution in [3.63, 3.8) is 0 Å². The van der Waals surface area contributed by atoms with Crippen LogP contribution in [-0.4, -0.2) is 58.9 Å². The molecule has 7 N–H and O–H groups in total. The van der Waals surface area contributed by atoms with E-state index in [2.05, 4.69) is 16.0 Å². The van der Waals surface area contributed by atoms with Gasteiger partial charge in [0.15, 0.2) is 0 Å². The van der Waals surface area contributed by atoms with E-state index in [9.17, 15) is 24.6 Å². The van der Waals surface area contributed by atoms with Crippen molar-refractivity contribution in [2.45, 2.75) is 51.0 Å². The molecule has 9 nitrogen and oxygen atoms in total. The number of aliphatic hydroxyl groups excluding tert-OH is 2. The number of nitrogens with one attached hydrogen (secondary N) is 3. The molecule has 0 fully saturated rings. The molecule has 130 valence electrons. The monoisotopic (exact) mass is 328 g/mol. The number of amides is 4. The number of nitrogens with two attached hydrogens (primary N) is 1. The molecule has 0 saturated heterocycles. The summed E-state index contributed by atoms with van der Waals surface area (Å²) in [7, 11) is 0. The largest absolute Gasteiger partial charge is 0.390 e. The van der Waals surface area contributed by atoms with Gasteiger partial charge in [-0.15, -0.1) is 0 Å². The standard InChI is InChI=1S/C14H24N4O5/c1-3-4-16-14(23)18-9-5-8(6-10(19)11(9)20)13(22)17-7(2)12(15)21/h5,7,9-11,19-20H,3-4,6H2,1-2H3,(H2,15,21)(H,17,22)(H2,16,18,23). The van der Waals surface area contributed by atoms with Gasteiger partial charge in [0, 0.05) is 18.5 Å². The molecule has 4 atom stereocenters. The fourth-order valence-electron chi connectivity index (χ4n) is 2.07. The fraction of sp³-hybridized carbons (Fsp3) is 0.643. The van der Waals surface area contributed by atoms with Crippen LogP contribution in [0.4, 0.5) is 4.79 Å². The third-order valence-corrected chi connectivity index (χ3v) is 3.47. The highest BCUT2D eigenvalue weighted by molar-refractivity contribution is 5.97. The van der Waals surface area contributed by atoms with Crippen LogP contribution in [0.15, 0.2) is 11.6 Å². The van der Waals surface area contributed by atoms with Gasteiger partial charge in [0.1, 0.15) is 12.1 Å². The molecule has 0 heterocycles.